The fourth-order valence-electron chi connectivity index (χ4n) is 3.49. The molecule has 0 radical (unpaired) electrons. The molecule has 3 heterocycles. The average Bonchev–Trinajstić information content (AvgIpc) is 3.54. The van der Waals surface area contributed by atoms with Crippen LogP contribution in [0.4, 0.5) is 10.2 Å². The monoisotopic (exact) mass is 462 g/mol. The van der Waals surface area contributed by atoms with Gasteiger partial charge in [-0.2, -0.15) is 10.2 Å². The van der Waals surface area contributed by atoms with Gasteiger partial charge >= 0.3 is 0 Å². The Bertz CT molecular complexity index is 1220. The second kappa shape index (κ2) is 11.2. The fraction of sp³-hybridized carbons (Fsp3) is 0.250. The first-order valence-corrected chi connectivity index (χ1v) is 11.1. The largest absolute Gasteiger partial charge is 0.369 e. The van der Waals surface area contributed by atoms with E-state index in [1.165, 1.54) is 12.1 Å². The third-order valence-electron chi connectivity index (χ3n) is 5.23. The fourth-order valence-corrected chi connectivity index (χ4v) is 3.49. The molecule has 1 amide bonds. The maximum Gasteiger partial charge on any atom is 0.255 e. The van der Waals surface area contributed by atoms with Gasteiger partial charge in [-0.25, -0.2) is 9.37 Å². The summed E-state index contributed by atoms with van der Waals surface area (Å²) in [6, 6.07) is 13.6. The molecule has 0 unspecified atom stereocenters. The van der Waals surface area contributed by atoms with Crippen LogP contribution < -0.4 is 16.4 Å². The highest BCUT2D eigenvalue weighted by Gasteiger charge is 2.15. The lowest BCUT2D eigenvalue weighted by atomic mass is 10.1. The molecule has 0 fully saturated rings. The number of rotatable bonds is 11. The zero-order valence-corrected chi connectivity index (χ0v) is 18.7. The smallest absolute Gasteiger partial charge is 0.255 e. The summed E-state index contributed by atoms with van der Waals surface area (Å²) >= 11 is 0. The molecule has 1 aromatic carbocycles. The van der Waals surface area contributed by atoms with Crippen LogP contribution in [0.15, 0.2) is 60.9 Å². The third kappa shape index (κ3) is 6.04. The summed E-state index contributed by atoms with van der Waals surface area (Å²) < 4.78 is 15.3. The average molecular weight is 463 g/mol. The topological polar surface area (TPSA) is 127 Å². The van der Waals surface area contributed by atoms with Gasteiger partial charge in [0.05, 0.1) is 29.2 Å². The Morgan fingerprint density at radius 2 is 2.09 bits per heavy atom. The Kier molecular flexibility index (Phi) is 7.61. The van der Waals surface area contributed by atoms with Crippen molar-refractivity contribution >= 4 is 11.7 Å². The van der Waals surface area contributed by atoms with Crippen LogP contribution in [0, 0.1) is 5.82 Å². The number of aromatic amines is 1. The van der Waals surface area contributed by atoms with Crippen LogP contribution in [0.1, 0.15) is 28.0 Å². The summed E-state index contributed by atoms with van der Waals surface area (Å²) in [7, 11) is 0. The SMILES string of the molecule is NCCCn1ccc(CNC(=O)c2ccc(-c3ccn[nH]3)nc2NCCc2cccc(F)c2)n1. The quantitative estimate of drug-likeness (QED) is 0.272. The summed E-state index contributed by atoms with van der Waals surface area (Å²) in [5.41, 5.74) is 8.96. The van der Waals surface area contributed by atoms with E-state index in [1.807, 2.05) is 23.0 Å². The van der Waals surface area contributed by atoms with Gasteiger partial charge in [-0.05, 0) is 61.3 Å². The van der Waals surface area contributed by atoms with Gasteiger partial charge < -0.3 is 16.4 Å². The molecule has 0 spiro atoms. The van der Waals surface area contributed by atoms with Gasteiger partial charge in [0.25, 0.3) is 5.91 Å². The molecule has 0 bridgehead atoms. The molecule has 176 valence electrons. The maximum absolute atomic E-state index is 13.5. The number of carbonyl (C=O) groups excluding carboxylic acids is 1. The number of nitrogens with zero attached hydrogens (tertiary/aromatic N) is 4. The number of aromatic nitrogens is 5. The lowest BCUT2D eigenvalue weighted by Crippen LogP contribution is -2.25. The number of hydrogen-bond donors (Lipinski definition) is 4. The van der Waals surface area contributed by atoms with Gasteiger partial charge in [-0.15, -0.1) is 0 Å². The summed E-state index contributed by atoms with van der Waals surface area (Å²) in [6.45, 7) is 2.11. The molecule has 0 aliphatic carbocycles. The van der Waals surface area contributed by atoms with Crippen LogP contribution in [0.5, 0.6) is 0 Å². The Morgan fingerprint density at radius 1 is 1.18 bits per heavy atom. The van der Waals surface area contributed by atoms with Crippen molar-refractivity contribution in [2.75, 3.05) is 18.4 Å². The second-order valence-corrected chi connectivity index (χ2v) is 7.76. The predicted octanol–water partition coefficient (Wildman–Crippen LogP) is 2.74. The van der Waals surface area contributed by atoms with Crippen molar-refractivity contribution in [2.45, 2.75) is 25.9 Å². The lowest BCUT2D eigenvalue weighted by Gasteiger charge is -2.13. The van der Waals surface area contributed by atoms with Gasteiger partial charge in [-0.1, -0.05) is 12.1 Å². The van der Waals surface area contributed by atoms with Crippen molar-refractivity contribution in [1.29, 1.82) is 0 Å². The van der Waals surface area contributed by atoms with Gasteiger partial charge in [0.15, 0.2) is 0 Å². The van der Waals surface area contributed by atoms with Gasteiger partial charge in [0.2, 0.25) is 0 Å². The molecule has 4 aromatic rings. The number of pyridine rings is 1. The minimum absolute atomic E-state index is 0.270. The number of hydrogen-bond acceptors (Lipinski definition) is 6. The number of aryl methyl sites for hydroxylation is 1. The van der Waals surface area contributed by atoms with Crippen LogP contribution in [0.2, 0.25) is 0 Å². The first kappa shape index (κ1) is 23.1. The van der Waals surface area contributed by atoms with Crippen molar-refractivity contribution in [2.24, 2.45) is 5.73 Å². The summed E-state index contributed by atoms with van der Waals surface area (Å²) in [5.74, 6) is -0.106. The Hall–Kier alpha value is -4.05. The van der Waals surface area contributed by atoms with E-state index in [1.54, 1.807) is 30.5 Å². The van der Waals surface area contributed by atoms with Crippen molar-refractivity contribution < 1.29 is 9.18 Å². The Balaban J connectivity index is 1.46. The van der Waals surface area contributed by atoms with Crippen molar-refractivity contribution in [3.8, 4) is 11.4 Å². The molecule has 5 N–H and O–H groups in total. The molecular weight excluding hydrogens is 435 g/mol. The number of carbonyl (C=O) groups is 1. The van der Waals surface area contributed by atoms with E-state index in [0.29, 0.717) is 43.1 Å². The molecule has 9 nitrogen and oxygen atoms in total. The summed E-state index contributed by atoms with van der Waals surface area (Å²) in [5, 5.41) is 17.4. The van der Waals surface area contributed by atoms with Gasteiger partial charge in [0.1, 0.15) is 11.6 Å². The number of halogens is 1. The number of nitrogens with two attached hydrogens (primary N) is 1. The Morgan fingerprint density at radius 3 is 2.88 bits per heavy atom. The summed E-state index contributed by atoms with van der Waals surface area (Å²) in [6.07, 6.45) is 4.93. The van der Waals surface area contributed by atoms with Crippen LogP contribution in [0.3, 0.4) is 0 Å². The summed E-state index contributed by atoms with van der Waals surface area (Å²) in [4.78, 5) is 17.6. The highest BCUT2D eigenvalue weighted by atomic mass is 19.1. The molecule has 0 saturated heterocycles. The molecule has 0 aliphatic rings. The van der Waals surface area contributed by atoms with Gasteiger partial charge in [-0.3, -0.25) is 14.6 Å². The van der Waals surface area contributed by atoms with Crippen LogP contribution in [0.25, 0.3) is 11.4 Å². The number of nitrogens with one attached hydrogen (secondary N) is 3. The maximum atomic E-state index is 13.5. The molecule has 10 heteroatoms. The van der Waals surface area contributed by atoms with E-state index >= 15 is 0 Å². The zero-order chi connectivity index (χ0) is 23.8. The van der Waals surface area contributed by atoms with E-state index in [9.17, 15) is 9.18 Å². The van der Waals surface area contributed by atoms with E-state index < -0.39 is 0 Å². The molecule has 0 aliphatic heterocycles. The Labute approximate surface area is 196 Å². The molecule has 3 aromatic heterocycles. The molecular formula is C24H27FN8O. The number of amides is 1. The van der Waals surface area contributed by atoms with Crippen LogP contribution in [-0.4, -0.2) is 44.0 Å². The first-order chi connectivity index (χ1) is 16.6. The highest BCUT2D eigenvalue weighted by Crippen LogP contribution is 2.20. The van der Waals surface area contributed by atoms with E-state index in [0.717, 1.165) is 29.9 Å². The highest BCUT2D eigenvalue weighted by molar-refractivity contribution is 5.99. The number of benzene rings is 1. The normalized spacial score (nSPS) is 10.9. The number of anilines is 1. The van der Waals surface area contributed by atoms with E-state index in [2.05, 4.69) is 30.9 Å². The van der Waals surface area contributed by atoms with Crippen LogP contribution in [-0.2, 0) is 19.5 Å². The standard InChI is InChI=1S/C24H27FN8O/c25-18-4-1-3-17(15-18)7-11-27-23-20(5-6-21(30-23)22-8-12-29-31-22)24(34)28-16-19-9-14-33(32-19)13-2-10-26/h1,3-6,8-9,12,14-15H,2,7,10-11,13,16,26H2,(H,27,30)(H,28,34)(H,29,31). The molecule has 0 saturated carbocycles. The molecule has 0 atom stereocenters. The van der Waals surface area contributed by atoms with Gasteiger partial charge in [0, 0.05) is 25.5 Å². The van der Waals surface area contributed by atoms with Crippen molar-refractivity contribution in [1.82, 2.24) is 30.3 Å². The van der Waals surface area contributed by atoms with E-state index in [-0.39, 0.29) is 11.7 Å². The minimum atomic E-state index is -0.276. The molecule has 34 heavy (non-hydrogen) atoms. The lowest BCUT2D eigenvalue weighted by molar-refractivity contribution is 0.0951. The predicted molar refractivity (Wildman–Crippen MR) is 127 cm³/mol. The van der Waals surface area contributed by atoms with Crippen molar-refractivity contribution in [3.63, 3.8) is 0 Å². The minimum Gasteiger partial charge on any atom is -0.369 e. The first-order valence-electron chi connectivity index (χ1n) is 11.1. The van der Waals surface area contributed by atoms with E-state index in [4.69, 9.17) is 5.73 Å². The third-order valence-corrected chi connectivity index (χ3v) is 5.23. The van der Waals surface area contributed by atoms with Crippen LogP contribution >= 0.6 is 0 Å². The number of H-pyrrole nitrogens is 1. The molecule has 4 rings (SSSR count). The van der Waals surface area contributed by atoms with Crippen molar-refractivity contribution in [3.05, 3.63) is 83.6 Å². The second-order valence-electron chi connectivity index (χ2n) is 7.76. The zero-order valence-electron chi connectivity index (χ0n) is 18.7.